The number of rotatable bonds is 4. The Morgan fingerprint density at radius 3 is 2.73 bits per heavy atom. The molecule has 0 N–H and O–H groups in total. The van der Waals surface area contributed by atoms with Crippen molar-refractivity contribution < 1.29 is 19.0 Å². The Morgan fingerprint density at radius 1 is 1.11 bits per heavy atom. The molecule has 0 aliphatic carbocycles. The Labute approximate surface area is 224 Å². The first-order valence-corrected chi connectivity index (χ1v) is 12.6. The van der Waals surface area contributed by atoms with E-state index < -0.39 is 0 Å². The number of carbonyl (C=O) groups excluding carboxylic acids is 1. The first-order valence-electron chi connectivity index (χ1n) is 11.8. The summed E-state index contributed by atoms with van der Waals surface area (Å²) in [5, 5.41) is 2.02. The quantitative estimate of drug-likeness (QED) is 0.270. The van der Waals surface area contributed by atoms with Gasteiger partial charge in [0.05, 0.1) is 28.3 Å². The number of ether oxygens (including phenoxy) is 3. The molecule has 0 saturated carbocycles. The Bertz CT molecular complexity index is 1620. The molecule has 0 unspecified atom stereocenters. The molecule has 2 aliphatic heterocycles. The molecule has 37 heavy (non-hydrogen) atoms. The van der Waals surface area contributed by atoms with E-state index in [9.17, 15) is 4.79 Å². The van der Waals surface area contributed by atoms with E-state index in [0.717, 1.165) is 44.7 Å². The standard InChI is InChI=1S/C29H24Cl2N2O4/c1-16-8-25-21(14-33(15-36-25)12-17-4-6-22(30)23(31)9-17)29-27(16)28(34)26(37-29)10-18-13-32(2)24-7-5-19(35-3)11-20(18)24/h4-11,13H,12,14-15H2,1-3H3/b26-10-. The molecule has 6 rings (SSSR count). The van der Waals surface area contributed by atoms with Crippen molar-refractivity contribution in [1.29, 1.82) is 0 Å². The van der Waals surface area contributed by atoms with Crippen molar-refractivity contribution in [3.8, 4) is 17.2 Å². The smallest absolute Gasteiger partial charge is 0.232 e. The van der Waals surface area contributed by atoms with Gasteiger partial charge in [0.1, 0.15) is 24.0 Å². The van der Waals surface area contributed by atoms with Gasteiger partial charge >= 0.3 is 0 Å². The number of ketones is 1. The van der Waals surface area contributed by atoms with Crippen LogP contribution in [0.2, 0.25) is 10.0 Å². The van der Waals surface area contributed by atoms with Crippen molar-refractivity contribution in [1.82, 2.24) is 9.47 Å². The molecule has 0 saturated heterocycles. The van der Waals surface area contributed by atoms with E-state index in [0.29, 0.717) is 46.9 Å². The summed E-state index contributed by atoms with van der Waals surface area (Å²) in [7, 11) is 3.62. The minimum Gasteiger partial charge on any atom is -0.497 e. The molecule has 3 aromatic carbocycles. The highest BCUT2D eigenvalue weighted by Gasteiger charge is 2.35. The summed E-state index contributed by atoms with van der Waals surface area (Å²) in [6, 6.07) is 13.4. The van der Waals surface area contributed by atoms with Crippen molar-refractivity contribution in [3.05, 3.63) is 92.3 Å². The van der Waals surface area contributed by atoms with Crippen LogP contribution < -0.4 is 14.2 Å². The van der Waals surface area contributed by atoms with Crippen LogP contribution >= 0.6 is 23.2 Å². The van der Waals surface area contributed by atoms with Gasteiger partial charge in [-0.3, -0.25) is 9.69 Å². The van der Waals surface area contributed by atoms with E-state index in [4.69, 9.17) is 37.4 Å². The Morgan fingerprint density at radius 2 is 1.95 bits per heavy atom. The maximum absolute atomic E-state index is 13.5. The van der Waals surface area contributed by atoms with Crippen LogP contribution in [-0.4, -0.2) is 29.1 Å². The summed E-state index contributed by atoms with van der Waals surface area (Å²) in [5.41, 5.74) is 5.23. The Balaban J connectivity index is 1.34. The zero-order valence-corrected chi connectivity index (χ0v) is 22.1. The fourth-order valence-electron chi connectivity index (χ4n) is 5.06. The van der Waals surface area contributed by atoms with Gasteiger partial charge in [-0.1, -0.05) is 29.3 Å². The lowest BCUT2D eigenvalue weighted by Gasteiger charge is -2.30. The van der Waals surface area contributed by atoms with E-state index >= 15 is 0 Å². The maximum Gasteiger partial charge on any atom is 0.232 e. The van der Waals surface area contributed by atoms with Gasteiger partial charge in [0.15, 0.2) is 5.76 Å². The highest BCUT2D eigenvalue weighted by atomic mass is 35.5. The summed E-state index contributed by atoms with van der Waals surface area (Å²) in [5.74, 6) is 2.23. The van der Waals surface area contributed by atoms with Crippen LogP contribution in [0.4, 0.5) is 0 Å². The van der Waals surface area contributed by atoms with Crippen LogP contribution in [0.15, 0.2) is 54.4 Å². The molecule has 0 amide bonds. The number of hydrogen-bond donors (Lipinski definition) is 0. The van der Waals surface area contributed by atoms with E-state index in [1.165, 1.54) is 0 Å². The number of fused-ring (bicyclic) bond motifs is 4. The first-order chi connectivity index (χ1) is 17.8. The minimum absolute atomic E-state index is 0.128. The molecule has 4 aromatic rings. The summed E-state index contributed by atoms with van der Waals surface area (Å²) in [6.45, 7) is 3.52. The minimum atomic E-state index is -0.128. The van der Waals surface area contributed by atoms with Crippen molar-refractivity contribution in [2.75, 3.05) is 13.8 Å². The number of aryl methyl sites for hydroxylation is 2. The number of hydrogen-bond acceptors (Lipinski definition) is 5. The fourth-order valence-corrected chi connectivity index (χ4v) is 5.38. The van der Waals surface area contributed by atoms with Crippen molar-refractivity contribution in [3.63, 3.8) is 0 Å². The monoisotopic (exact) mass is 534 g/mol. The van der Waals surface area contributed by atoms with Crippen LogP contribution in [0.1, 0.15) is 32.6 Å². The van der Waals surface area contributed by atoms with Gasteiger partial charge in [-0.25, -0.2) is 0 Å². The third-order valence-corrected chi connectivity index (χ3v) is 7.63. The van der Waals surface area contributed by atoms with E-state index in [-0.39, 0.29) is 5.78 Å². The number of methoxy groups -OCH3 is 1. The van der Waals surface area contributed by atoms with Crippen molar-refractivity contribution in [2.24, 2.45) is 7.05 Å². The second-order valence-corrected chi connectivity index (χ2v) is 10.2. The molecule has 2 aliphatic rings. The highest BCUT2D eigenvalue weighted by Crippen LogP contribution is 2.44. The summed E-state index contributed by atoms with van der Waals surface area (Å²) in [4.78, 5) is 15.6. The Hall–Kier alpha value is -3.45. The molecule has 0 bridgehead atoms. The molecular formula is C29H24Cl2N2O4. The number of halogens is 2. The third-order valence-electron chi connectivity index (χ3n) is 6.89. The van der Waals surface area contributed by atoms with E-state index in [2.05, 4.69) is 4.90 Å². The van der Waals surface area contributed by atoms with Crippen LogP contribution in [0.5, 0.6) is 17.2 Å². The number of benzene rings is 3. The van der Waals surface area contributed by atoms with Gasteiger partial charge < -0.3 is 18.8 Å². The van der Waals surface area contributed by atoms with Crippen molar-refractivity contribution in [2.45, 2.75) is 20.0 Å². The van der Waals surface area contributed by atoms with E-state index in [1.807, 2.05) is 67.2 Å². The average molecular weight is 535 g/mol. The molecule has 8 heteroatoms. The molecule has 0 atom stereocenters. The van der Waals surface area contributed by atoms with Crippen LogP contribution in [-0.2, 0) is 20.1 Å². The summed E-state index contributed by atoms with van der Waals surface area (Å²) >= 11 is 12.3. The van der Waals surface area contributed by atoms with Crippen LogP contribution in [0, 0.1) is 6.92 Å². The van der Waals surface area contributed by atoms with Gasteiger partial charge in [0, 0.05) is 42.8 Å². The van der Waals surface area contributed by atoms with Crippen LogP contribution in [0.3, 0.4) is 0 Å². The number of nitrogens with zero attached hydrogens (tertiary/aromatic N) is 2. The maximum atomic E-state index is 13.5. The lowest BCUT2D eigenvalue weighted by molar-refractivity contribution is 0.0872. The summed E-state index contributed by atoms with van der Waals surface area (Å²) < 4.78 is 19.8. The van der Waals surface area contributed by atoms with Gasteiger partial charge in [-0.05, 0) is 60.5 Å². The average Bonchev–Trinajstić information content (AvgIpc) is 3.38. The molecule has 188 valence electrons. The number of aromatic nitrogens is 1. The number of Topliss-reactive ketones (excluding diaryl/α,β-unsaturated/α-hetero) is 1. The normalized spacial score (nSPS) is 16.0. The molecule has 1 aromatic heterocycles. The second kappa shape index (κ2) is 9.14. The number of allylic oxidation sites excluding steroid dienone is 1. The largest absolute Gasteiger partial charge is 0.497 e. The first kappa shape index (κ1) is 23.9. The Kier molecular flexibility index (Phi) is 5.91. The molecular weight excluding hydrogens is 511 g/mol. The molecule has 0 fully saturated rings. The molecule has 6 nitrogen and oxygen atoms in total. The zero-order valence-electron chi connectivity index (χ0n) is 20.6. The van der Waals surface area contributed by atoms with Gasteiger partial charge in [0.25, 0.3) is 0 Å². The lowest BCUT2D eigenvalue weighted by atomic mass is 9.98. The predicted octanol–water partition coefficient (Wildman–Crippen LogP) is 6.77. The fraction of sp³-hybridized carbons (Fsp3) is 0.207. The molecule has 0 radical (unpaired) electrons. The zero-order chi connectivity index (χ0) is 25.8. The second-order valence-electron chi connectivity index (χ2n) is 9.40. The topological polar surface area (TPSA) is 52.9 Å². The summed E-state index contributed by atoms with van der Waals surface area (Å²) in [6.07, 6.45) is 3.80. The van der Waals surface area contributed by atoms with Crippen LogP contribution in [0.25, 0.3) is 17.0 Å². The number of carbonyl (C=O) groups is 1. The molecule has 3 heterocycles. The highest BCUT2D eigenvalue weighted by molar-refractivity contribution is 6.42. The SMILES string of the molecule is COc1ccc2c(c1)c(/C=C1\Oc3c4c(cc(C)c3C1=O)OCN(Cc1ccc(Cl)c(Cl)c1)C4)cn2C. The lowest BCUT2D eigenvalue weighted by Crippen LogP contribution is -2.31. The molecule has 0 spiro atoms. The third kappa shape index (κ3) is 4.15. The van der Waals surface area contributed by atoms with Gasteiger partial charge in [-0.15, -0.1) is 0 Å². The van der Waals surface area contributed by atoms with Gasteiger partial charge in [0.2, 0.25) is 5.78 Å². The van der Waals surface area contributed by atoms with Gasteiger partial charge in [-0.2, -0.15) is 0 Å². The van der Waals surface area contributed by atoms with E-state index in [1.54, 1.807) is 13.2 Å². The van der Waals surface area contributed by atoms with Crippen molar-refractivity contribution >= 4 is 46.0 Å². The predicted molar refractivity (Wildman–Crippen MR) is 145 cm³/mol.